The normalized spacial score (nSPS) is 10.0. The average molecular weight is 271 g/mol. The molecule has 20 heavy (non-hydrogen) atoms. The highest BCUT2D eigenvalue weighted by atomic mass is 16.5. The molecule has 0 aliphatic rings. The molecule has 2 N–H and O–H groups in total. The molecular formula is C16H17NO3. The lowest BCUT2D eigenvalue weighted by atomic mass is 10.1. The lowest BCUT2D eigenvalue weighted by molar-refractivity contribution is 0.194. The van der Waals surface area contributed by atoms with Crippen LogP contribution in [-0.4, -0.2) is 17.7 Å². The van der Waals surface area contributed by atoms with Crippen LogP contribution in [0.25, 0.3) is 0 Å². The largest absolute Gasteiger partial charge is 0.489 e. The molecule has 0 unspecified atom stereocenters. The molecule has 2 aromatic carbocycles. The minimum atomic E-state index is -0.993. The predicted octanol–water partition coefficient (Wildman–Crippen LogP) is 3.08. The van der Waals surface area contributed by atoms with Gasteiger partial charge in [-0.15, -0.1) is 0 Å². The number of carboxylic acid groups (broad SMARTS) is 1. The summed E-state index contributed by atoms with van der Waals surface area (Å²) in [7, 11) is 0. The number of nitrogens with one attached hydrogen (secondary N) is 1. The third-order valence-corrected chi connectivity index (χ3v) is 2.86. The SMILES string of the molecule is O=C(O)NCCc1ccc(OCc2ccccc2)cc1. The van der Waals surface area contributed by atoms with Gasteiger partial charge in [0.25, 0.3) is 0 Å². The predicted molar refractivity (Wildman–Crippen MR) is 76.9 cm³/mol. The molecule has 0 aliphatic carbocycles. The van der Waals surface area contributed by atoms with Crippen molar-refractivity contribution in [1.82, 2.24) is 5.32 Å². The van der Waals surface area contributed by atoms with E-state index >= 15 is 0 Å². The minimum absolute atomic E-state index is 0.416. The standard InChI is InChI=1S/C16H17NO3/c18-16(19)17-11-10-13-6-8-15(9-7-13)20-12-14-4-2-1-3-5-14/h1-9,17H,10-12H2,(H,18,19). The van der Waals surface area contributed by atoms with Gasteiger partial charge in [0.2, 0.25) is 0 Å². The van der Waals surface area contributed by atoms with E-state index in [1.807, 2.05) is 54.6 Å². The van der Waals surface area contributed by atoms with Crippen LogP contribution in [0, 0.1) is 0 Å². The van der Waals surface area contributed by atoms with Gasteiger partial charge in [0.1, 0.15) is 12.4 Å². The second-order valence-electron chi connectivity index (χ2n) is 4.40. The van der Waals surface area contributed by atoms with Crippen LogP contribution in [0.2, 0.25) is 0 Å². The maximum atomic E-state index is 10.3. The van der Waals surface area contributed by atoms with Crippen LogP contribution in [0.3, 0.4) is 0 Å². The van der Waals surface area contributed by atoms with Crippen molar-refractivity contribution in [3.8, 4) is 5.75 Å². The van der Waals surface area contributed by atoms with Crippen molar-refractivity contribution >= 4 is 6.09 Å². The summed E-state index contributed by atoms with van der Waals surface area (Å²) < 4.78 is 5.68. The van der Waals surface area contributed by atoms with Gasteiger partial charge in [-0.1, -0.05) is 42.5 Å². The third-order valence-electron chi connectivity index (χ3n) is 2.86. The molecular weight excluding hydrogens is 254 g/mol. The summed E-state index contributed by atoms with van der Waals surface area (Å²) in [6.45, 7) is 0.959. The van der Waals surface area contributed by atoms with Gasteiger partial charge in [-0.3, -0.25) is 0 Å². The van der Waals surface area contributed by atoms with Crippen molar-refractivity contribution in [2.75, 3.05) is 6.54 Å². The number of ether oxygens (including phenoxy) is 1. The summed E-state index contributed by atoms with van der Waals surface area (Å²) in [6.07, 6.45) is -0.321. The van der Waals surface area contributed by atoms with Gasteiger partial charge in [0.05, 0.1) is 0 Å². The van der Waals surface area contributed by atoms with Crippen molar-refractivity contribution in [1.29, 1.82) is 0 Å². The Hall–Kier alpha value is -2.49. The number of hydrogen-bond donors (Lipinski definition) is 2. The summed E-state index contributed by atoms with van der Waals surface area (Å²) in [5.41, 5.74) is 2.20. The summed E-state index contributed by atoms with van der Waals surface area (Å²) >= 11 is 0. The van der Waals surface area contributed by atoms with Gasteiger partial charge in [-0.2, -0.15) is 0 Å². The summed E-state index contributed by atoms with van der Waals surface area (Å²) in [5.74, 6) is 0.809. The molecule has 0 aromatic heterocycles. The first-order valence-electron chi connectivity index (χ1n) is 6.46. The topological polar surface area (TPSA) is 58.6 Å². The quantitative estimate of drug-likeness (QED) is 0.848. The third kappa shape index (κ3) is 4.65. The van der Waals surface area contributed by atoms with E-state index in [9.17, 15) is 4.79 Å². The zero-order chi connectivity index (χ0) is 14.2. The number of rotatable bonds is 6. The Bertz CT molecular complexity index is 537. The fourth-order valence-corrected chi connectivity index (χ4v) is 1.81. The molecule has 0 saturated carbocycles. The Morgan fingerprint density at radius 2 is 1.70 bits per heavy atom. The Balaban J connectivity index is 1.81. The lowest BCUT2D eigenvalue weighted by Crippen LogP contribution is -2.23. The molecule has 0 saturated heterocycles. The molecule has 2 rings (SSSR count). The Morgan fingerprint density at radius 1 is 1.00 bits per heavy atom. The van der Waals surface area contributed by atoms with Crippen molar-refractivity contribution < 1.29 is 14.6 Å². The minimum Gasteiger partial charge on any atom is -0.489 e. The molecule has 0 fully saturated rings. The zero-order valence-corrected chi connectivity index (χ0v) is 11.1. The van der Waals surface area contributed by atoms with Crippen LogP contribution in [0.4, 0.5) is 4.79 Å². The molecule has 1 amide bonds. The van der Waals surface area contributed by atoms with E-state index in [-0.39, 0.29) is 0 Å². The molecule has 4 heteroatoms. The highest BCUT2D eigenvalue weighted by Crippen LogP contribution is 2.14. The Labute approximate surface area is 118 Å². The van der Waals surface area contributed by atoms with Gasteiger partial charge in [-0.05, 0) is 29.7 Å². The summed E-state index contributed by atoms with van der Waals surface area (Å²) in [4.78, 5) is 10.3. The molecule has 0 bridgehead atoms. The van der Waals surface area contributed by atoms with Crippen molar-refractivity contribution in [2.24, 2.45) is 0 Å². The molecule has 0 atom stereocenters. The Morgan fingerprint density at radius 3 is 2.35 bits per heavy atom. The first kappa shape index (κ1) is 13.9. The molecule has 0 heterocycles. The number of carbonyl (C=O) groups is 1. The van der Waals surface area contributed by atoms with Crippen molar-refractivity contribution in [3.63, 3.8) is 0 Å². The molecule has 0 spiro atoms. The van der Waals surface area contributed by atoms with Gasteiger partial charge in [0, 0.05) is 6.54 Å². The van der Waals surface area contributed by atoms with Crippen LogP contribution in [0.1, 0.15) is 11.1 Å². The monoisotopic (exact) mass is 271 g/mol. The summed E-state index contributed by atoms with van der Waals surface area (Å²) in [6, 6.07) is 17.7. The van der Waals surface area contributed by atoms with Crippen LogP contribution in [0.5, 0.6) is 5.75 Å². The highest BCUT2D eigenvalue weighted by Gasteiger charge is 1.98. The van der Waals surface area contributed by atoms with Crippen LogP contribution >= 0.6 is 0 Å². The second kappa shape index (κ2) is 7.19. The first-order chi connectivity index (χ1) is 9.74. The van der Waals surface area contributed by atoms with E-state index in [1.54, 1.807) is 0 Å². The highest BCUT2D eigenvalue weighted by molar-refractivity contribution is 5.64. The maximum absolute atomic E-state index is 10.3. The molecule has 0 aliphatic heterocycles. The van der Waals surface area contributed by atoms with Crippen LogP contribution < -0.4 is 10.1 Å². The number of hydrogen-bond acceptors (Lipinski definition) is 2. The van der Waals surface area contributed by atoms with E-state index in [1.165, 1.54) is 0 Å². The smallest absolute Gasteiger partial charge is 0.404 e. The van der Waals surface area contributed by atoms with Crippen molar-refractivity contribution in [3.05, 3.63) is 65.7 Å². The van der Waals surface area contributed by atoms with E-state index in [0.717, 1.165) is 16.9 Å². The second-order valence-corrected chi connectivity index (χ2v) is 4.40. The summed E-state index contributed by atoms with van der Waals surface area (Å²) in [5, 5.41) is 10.8. The van der Waals surface area contributed by atoms with Crippen LogP contribution in [0.15, 0.2) is 54.6 Å². The molecule has 0 radical (unpaired) electrons. The van der Waals surface area contributed by atoms with Crippen molar-refractivity contribution in [2.45, 2.75) is 13.0 Å². The average Bonchev–Trinajstić information content (AvgIpc) is 2.47. The molecule has 2 aromatic rings. The molecule has 104 valence electrons. The number of amides is 1. The fourth-order valence-electron chi connectivity index (χ4n) is 1.81. The maximum Gasteiger partial charge on any atom is 0.404 e. The Kier molecular flexibility index (Phi) is 5.00. The first-order valence-corrected chi connectivity index (χ1v) is 6.46. The van der Waals surface area contributed by atoms with E-state index < -0.39 is 6.09 Å². The van der Waals surface area contributed by atoms with Gasteiger partial charge in [-0.25, -0.2) is 4.79 Å². The van der Waals surface area contributed by atoms with Gasteiger partial charge < -0.3 is 15.2 Å². The van der Waals surface area contributed by atoms with Gasteiger partial charge >= 0.3 is 6.09 Å². The molecule has 4 nitrogen and oxygen atoms in total. The van der Waals surface area contributed by atoms with E-state index in [0.29, 0.717) is 19.6 Å². The van der Waals surface area contributed by atoms with E-state index in [2.05, 4.69) is 5.32 Å². The van der Waals surface area contributed by atoms with Crippen LogP contribution in [-0.2, 0) is 13.0 Å². The van der Waals surface area contributed by atoms with Gasteiger partial charge in [0.15, 0.2) is 0 Å². The lowest BCUT2D eigenvalue weighted by Gasteiger charge is -2.07. The van der Waals surface area contributed by atoms with E-state index in [4.69, 9.17) is 9.84 Å². The number of benzene rings is 2. The zero-order valence-electron chi connectivity index (χ0n) is 11.1. The fraction of sp³-hybridized carbons (Fsp3) is 0.188.